The van der Waals surface area contributed by atoms with E-state index in [0.717, 1.165) is 39.6 Å². The van der Waals surface area contributed by atoms with Crippen molar-refractivity contribution in [3.8, 4) is 33.6 Å². The Morgan fingerprint density at radius 3 is 1.05 bits per heavy atom. The van der Waals surface area contributed by atoms with Crippen LogP contribution < -0.4 is 4.90 Å². The van der Waals surface area contributed by atoms with Crippen molar-refractivity contribution in [3.05, 3.63) is 222 Å². The van der Waals surface area contributed by atoms with Crippen molar-refractivity contribution in [3.63, 3.8) is 0 Å². The summed E-state index contributed by atoms with van der Waals surface area (Å²) < 4.78 is 4.75. The van der Waals surface area contributed by atoms with E-state index in [9.17, 15) is 0 Å². The molecule has 0 bridgehead atoms. The lowest BCUT2D eigenvalue weighted by Crippen LogP contribution is -2.09. The molecule has 0 amide bonds. The number of rotatable bonds is 7. The summed E-state index contributed by atoms with van der Waals surface area (Å²) in [6.45, 7) is 0. The van der Waals surface area contributed by atoms with Crippen LogP contribution in [-0.2, 0) is 0 Å². The van der Waals surface area contributed by atoms with Crippen molar-refractivity contribution in [2.45, 2.75) is 0 Å². The second kappa shape index (κ2) is 14.4. The van der Waals surface area contributed by atoms with Crippen LogP contribution in [0.1, 0.15) is 0 Å². The van der Waals surface area contributed by atoms with E-state index >= 15 is 0 Å². The van der Waals surface area contributed by atoms with Gasteiger partial charge in [0.2, 0.25) is 0 Å². The van der Waals surface area contributed by atoms with E-state index in [1.54, 1.807) is 0 Å². The number of aromatic nitrogens is 2. The molecule has 0 aliphatic heterocycles. The third kappa shape index (κ3) is 6.15. The summed E-state index contributed by atoms with van der Waals surface area (Å²) in [4.78, 5) is 2.21. The molecule has 0 unspecified atom stereocenters. The van der Waals surface area contributed by atoms with Crippen molar-refractivity contribution in [2.24, 2.45) is 0 Å². The predicted molar refractivity (Wildman–Crippen MR) is 251 cm³/mol. The normalized spacial score (nSPS) is 11.6. The minimum Gasteiger partial charge on any atom is -0.311 e. The van der Waals surface area contributed by atoms with Gasteiger partial charge in [-0.1, -0.05) is 126 Å². The molecular weight excluding hydrogens is 762 g/mol. The molecule has 280 valence electrons. The Morgan fingerprint density at radius 2 is 0.610 bits per heavy atom. The molecule has 0 N–H and O–H groups in total. The second-order valence-corrected chi connectivity index (χ2v) is 15.8. The highest BCUT2D eigenvalue weighted by atomic mass is 35.5. The zero-order chi connectivity index (χ0) is 39.5. The molecule has 0 aliphatic carbocycles. The van der Waals surface area contributed by atoms with Crippen molar-refractivity contribution in [1.29, 1.82) is 0 Å². The van der Waals surface area contributed by atoms with E-state index in [4.69, 9.17) is 23.2 Å². The van der Waals surface area contributed by atoms with Crippen LogP contribution in [0, 0.1) is 0 Å². The molecule has 5 heteroatoms. The van der Waals surface area contributed by atoms with E-state index in [0.29, 0.717) is 10.0 Å². The van der Waals surface area contributed by atoms with E-state index < -0.39 is 0 Å². The number of fused-ring (bicyclic) bond motifs is 6. The Labute approximate surface area is 352 Å². The molecule has 0 fully saturated rings. The SMILES string of the molecule is Clc1ccc(N(c2ccc(Cl)cc2)c2ccc(-c3ccc4c5ccccc5n(-c5ccc(-c6ccc(-n7c8ccccc8c8ccccc87)cc6)cc5)c4c3)cc2)cc1. The average molecular weight is 797 g/mol. The van der Waals surface area contributed by atoms with Crippen LogP contribution in [0.5, 0.6) is 0 Å². The van der Waals surface area contributed by atoms with Gasteiger partial charge in [0.1, 0.15) is 0 Å². The number of anilines is 3. The van der Waals surface area contributed by atoms with Crippen molar-refractivity contribution in [1.82, 2.24) is 9.13 Å². The number of hydrogen-bond donors (Lipinski definition) is 0. The first-order valence-electron chi connectivity index (χ1n) is 19.7. The topological polar surface area (TPSA) is 13.1 Å². The Bertz CT molecular complexity index is 3210. The Balaban J connectivity index is 0.935. The maximum Gasteiger partial charge on any atom is 0.0547 e. The van der Waals surface area contributed by atoms with Crippen molar-refractivity contribution in [2.75, 3.05) is 4.90 Å². The van der Waals surface area contributed by atoms with Crippen LogP contribution in [0.15, 0.2) is 212 Å². The van der Waals surface area contributed by atoms with E-state index in [1.807, 2.05) is 48.5 Å². The van der Waals surface area contributed by atoms with E-state index in [2.05, 4.69) is 178 Å². The summed E-state index contributed by atoms with van der Waals surface area (Å²) in [5, 5.41) is 6.39. The van der Waals surface area contributed by atoms with Gasteiger partial charge in [-0.05, 0) is 131 Å². The number of benzene rings is 9. The fourth-order valence-electron chi connectivity index (χ4n) is 8.67. The van der Waals surface area contributed by atoms with E-state index in [-0.39, 0.29) is 0 Å². The standard InChI is InChI=1S/C54H35Cl2N3/c55-40-20-30-43(31-21-40)57(44-32-22-41(56)23-33-44)42-24-17-38(18-25-42)39-19-34-50-49-9-3-6-12-53(49)59(54(50)35-39)46-28-15-37(16-29-46)36-13-26-45(27-14-36)58-51-10-4-1-7-47(51)48-8-2-5-11-52(48)58/h1-35H. The minimum absolute atomic E-state index is 0.700. The molecule has 11 aromatic rings. The van der Waals surface area contributed by atoms with Crippen LogP contribution in [0.2, 0.25) is 10.0 Å². The fraction of sp³-hybridized carbons (Fsp3) is 0. The van der Waals surface area contributed by atoms with Gasteiger partial charge in [0.15, 0.2) is 0 Å². The summed E-state index contributed by atoms with van der Waals surface area (Å²) >= 11 is 12.6. The van der Waals surface area contributed by atoms with Crippen LogP contribution >= 0.6 is 23.2 Å². The van der Waals surface area contributed by atoms with Gasteiger partial charge in [-0.25, -0.2) is 0 Å². The third-order valence-corrected chi connectivity index (χ3v) is 12.0. The molecular formula is C54H35Cl2N3. The number of nitrogens with zero attached hydrogens (tertiary/aromatic N) is 3. The first-order valence-corrected chi connectivity index (χ1v) is 20.5. The Morgan fingerprint density at radius 1 is 0.288 bits per heavy atom. The van der Waals surface area contributed by atoms with Crippen molar-refractivity contribution >= 4 is 83.9 Å². The van der Waals surface area contributed by atoms with Gasteiger partial charge >= 0.3 is 0 Å². The third-order valence-electron chi connectivity index (χ3n) is 11.5. The average Bonchev–Trinajstić information content (AvgIpc) is 3.81. The summed E-state index contributed by atoms with van der Waals surface area (Å²) in [6, 6.07) is 75.2. The number of para-hydroxylation sites is 3. The van der Waals surface area contributed by atoms with Crippen molar-refractivity contribution < 1.29 is 0 Å². The van der Waals surface area contributed by atoms with Crippen LogP contribution in [0.4, 0.5) is 17.1 Å². The van der Waals surface area contributed by atoms with Gasteiger partial charge < -0.3 is 14.0 Å². The lowest BCUT2D eigenvalue weighted by Gasteiger charge is -2.25. The lowest BCUT2D eigenvalue weighted by atomic mass is 10.0. The first kappa shape index (κ1) is 35.1. The predicted octanol–water partition coefficient (Wildman–Crippen LogP) is 16.0. The van der Waals surface area contributed by atoms with Crippen LogP contribution in [0.25, 0.3) is 77.2 Å². The molecule has 0 spiro atoms. The van der Waals surface area contributed by atoms with Crippen LogP contribution in [0.3, 0.4) is 0 Å². The Hall–Kier alpha value is -7.04. The lowest BCUT2D eigenvalue weighted by molar-refractivity contribution is 1.18. The van der Waals surface area contributed by atoms with Gasteiger partial charge in [-0.15, -0.1) is 0 Å². The minimum atomic E-state index is 0.700. The summed E-state index contributed by atoms with van der Waals surface area (Å²) in [6.07, 6.45) is 0. The zero-order valence-corrected chi connectivity index (χ0v) is 33.3. The molecule has 2 aromatic heterocycles. The number of hydrogen-bond acceptors (Lipinski definition) is 1. The summed E-state index contributed by atoms with van der Waals surface area (Å²) in [5.74, 6) is 0. The highest BCUT2D eigenvalue weighted by Crippen LogP contribution is 2.39. The quantitative estimate of drug-likeness (QED) is 0.157. The zero-order valence-electron chi connectivity index (χ0n) is 31.8. The fourth-order valence-corrected chi connectivity index (χ4v) is 8.92. The molecule has 0 saturated heterocycles. The molecule has 59 heavy (non-hydrogen) atoms. The summed E-state index contributed by atoms with van der Waals surface area (Å²) in [5.41, 5.74) is 14.8. The molecule has 0 aliphatic rings. The number of halogens is 2. The molecule has 0 saturated carbocycles. The molecule has 11 rings (SSSR count). The van der Waals surface area contributed by atoms with Crippen LogP contribution in [-0.4, -0.2) is 9.13 Å². The monoisotopic (exact) mass is 795 g/mol. The summed E-state index contributed by atoms with van der Waals surface area (Å²) in [7, 11) is 0. The molecule has 0 radical (unpaired) electrons. The molecule has 3 nitrogen and oxygen atoms in total. The Kier molecular flexibility index (Phi) is 8.58. The van der Waals surface area contributed by atoms with Gasteiger partial charge in [-0.2, -0.15) is 0 Å². The smallest absolute Gasteiger partial charge is 0.0547 e. The maximum absolute atomic E-state index is 6.28. The highest BCUT2D eigenvalue weighted by molar-refractivity contribution is 6.31. The molecule has 2 heterocycles. The largest absolute Gasteiger partial charge is 0.311 e. The molecule has 9 aromatic carbocycles. The van der Waals surface area contributed by atoms with Gasteiger partial charge in [0.05, 0.1) is 22.1 Å². The van der Waals surface area contributed by atoms with Gasteiger partial charge in [-0.3, -0.25) is 0 Å². The van der Waals surface area contributed by atoms with E-state index in [1.165, 1.54) is 54.7 Å². The second-order valence-electron chi connectivity index (χ2n) is 14.9. The molecule has 0 atom stereocenters. The van der Waals surface area contributed by atoms with Gasteiger partial charge in [0.25, 0.3) is 0 Å². The van der Waals surface area contributed by atoms with Gasteiger partial charge in [0, 0.05) is 60.0 Å². The highest BCUT2D eigenvalue weighted by Gasteiger charge is 2.17. The maximum atomic E-state index is 6.28. The first-order chi connectivity index (χ1) is 29.1.